The number of carbonyl (C=O) groups excluding carboxylic acids is 3. The molecule has 0 aromatic carbocycles. The third-order valence-electron chi connectivity index (χ3n) is 14.1. The first kappa shape index (κ1) is 71.4. The van der Waals surface area contributed by atoms with E-state index in [4.69, 9.17) is 23.7 Å². The Bertz CT molecular complexity index is 1570. The summed E-state index contributed by atoms with van der Waals surface area (Å²) in [6.07, 6.45) is 53.2. The number of rotatable bonds is 53. The van der Waals surface area contributed by atoms with Crippen LogP contribution in [0.4, 0.5) is 0 Å². The molecule has 1 rings (SSSR count). The van der Waals surface area contributed by atoms with E-state index in [0.29, 0.717) is 19.3 Å². The van der Waals surface area contributed by atoms with Crippen LogP contribution in [0.5, 0.6) is 0 Å². The van der Waals surface area contributed by atoms with Gasteiger partial charge in [-0.3, -0.25) is 14.4 Å². The molecule has 444 valence electrons. The predicted octanol–water partition coefficient (Wildman–Crippen LogP) is 16.3. The maximum Gasteiger partial charge on any atom is 0.335 e. The Balaban J connectivity index is 2.67. The highest BCUT2D eigenvalue weighted by Crippen LogP contribution is 2.26. The topological polar surface area (TPSA) is 175 Å². The lowest BCUT2D eigenvalue weighted by Crippen LogP contribution is -2.61. The van der Waals surface area contributed by atoms with Crippen molar-refractivity contribution in [1.82, 2.24) is 0 Å². The Hall–Kier alpha value is -3.58. The number of hydrogen-bond donors (Lipinski definition) is 3. The summed E-state index contributed by atoms with van der Waals surface area (Å²) in [6, 6.07) is 0. The summed E-state index contributed by atoms with van der Waals surface area (Å²) in [4.78, 5) is 51.2. The SMILES string of the molecule is CCCCC/C=C\C/C=C\C/C=C\CCCCCCCCC(=O)OCC(COC1OC(C(=O)O)C(O)C(O)C1OC(=O)CCCCCCC/C=C\C/C=C\CCCCC)OC(=O)CCCCCCCCCCCCCCC. The second-order valence-corrected chi connectivity index (χ2v) is 21.3. The molecule has 0 bridgehead atoms. The lowest BCUT2D eigenvalue weighted by Gasteiger charge is -2.40. The molecule has 0 aromatic rings. The van der Waals surface area contributed by atoms with E-state index in [1.54, 1.807) is 0 Å². The third-order valence-corrected chi connectivity index (χ3v) is 14.1. The fourth-order valence-electron chi connectivity index (χ4n) is 9.23. The maximum atomic E-state index is 13.2. The van der Waals surface area contributed by atoms with E-state index >= 15 is 0 Å². The van der Waals surface area contributed by atoms with Crippen molar-refractivity contribution in [3.8, 4) is 0 Å². The van der Waals surface area contributed by atoms with Crippen LogP contribution in [-0.4, -0.2) is 89.2 Å². The normalized spacial score (nSPS) is 18.4. The van der Waals surface area contributed by atoms with Crippen LogP contribution in [-0.2, 0) is 42.9 Å². The highest BCUT2D eigenvalue weighted by molar-refractivity contribution is 5.74. The first-order chi connectivity index (χ1) is 37.6. The van der Waals surface area contributed by atoms with E-state index in [-0.39, 0.29) is 25.9 Å². The van der Waals surface area contributed by atoms with Gasteiger partial charge in [-0.15, -0.1) is 0 Å². The predicted molar refractivity (Wildman–Crippen MR) is 312 cm³/mol. The average molecular weight is 1090 g/mol. The van der Waals surface area contributed by atoms with Crippen LogP contribution in [0.25, 0.3) is 0 Å². The van der Waals surface area contributed by atoms with Crippen molar-refractivity contribution in [2.75, 3.05) is 13.2 Å². The van der Waals surface area contributed by atoms with Gasteiger partial charge in [-0.05, 0) is 89.9 Å². The Morgan fingerprint density at radius 1 is 0.429 bits per heavy atom. The Morgan fingerprint density at radius 3 is 1.21 bits per heavy atom. The van der Waals surface area contributed by atoms with Gasteiger partial charge in [0.05, 0.1) is 6.61 Å². The molecule has 0 radical (unpaired) electrons. The van der Waals surface area contributed by atoms with Crippen LogP contribution in [0.15, 0.2) is 60.8 Å². The lowest BCUT2D eigenvalue weighted by atomic mass is 9.98. The van der Waals surface area contributed by atoms with E-state index in [0.717, 1.165) is 116 Å². The Labute approximate surface area is 468 Å². The van der Waals surface area contributed by atoms with Gasteiger partial charge in [0.2, 0.25) is 0 Å². The molecule has 1 aliphatic heterocycles. The Kier molecular flexibility index (Phi) is 49.2. The van der Waals surface area contributed by atoms with Crippen LogP contribution in [0.2, 0.25) is 0 Å². The molecule has 3 N–H and O–H groups in total. The number of ether oxygens (including phenoxy) is 5. The summed E-state index contributed by atoms with van der Waals surface area (Å²) in [5, 5.41) is 31.5. The Morgan fingerprint density at radius 2 is 0.779 bits per heavy atom. The van der Waals surface area contributed by atoms with Gasteiger partial charge in [0.15, 0.2) is 24.6 Å². The second kappa shape index (κ2) is 53.1. The summed E-state index contributed by atoms with van der Waals surface area (Å²) in [6.45, 7) is 5.94. The number of carbonyl (C=O) groups is 4. The first-order valence-electron chi connectivity index (χ1n) is 31.3. The molecule has 6 unspecified atom stereocenters. The maximum absolute atomic E-state index is 13.2. The monoisotopic (exact) mass is 1080 g/mol. The largest absolute Gasteiger partial charge is 0.479 e. The van der Waals surface area contributed by atoms with Crippen LogP contribution in [0.1, 0.15) is 278 Å². The van der Waals surface area contributed by atoms with E-state index < -0.39 is 67.3 Å². The number of unbranched alkanes of at least 4 members (excludes halogenated alkanes) is 29. The van der Waals surface area contributed by atoms with Gasteiger partial charge in [0.1, 0.15) is 18.8 Å². The molecule has 1 fully saturated rings. The van der Waals surface area contributed by atoms with Crippen LogP contribution in [0, 0.1) is 0 Å². The molecule has 0 aliphatic carbocycles. The zero-order valence-corrected chi connectivity index (χ0v) is 49.0. The van der Waals surface area contributed by atoms with Crippen molar-refractivity contribution in [3.05, 3.63) is 60.8 Å². The summed E-state index contributed by atoms with van der Waals surface area (Å²) in [7, 11) is 0. The molecule has 1 heterocycles. The number of allylic oxidation sites excluding steroid dienone is 10. The van der Waals surface area contributed by atoms with Gasteiger partial charge < -0.3 is 39.0 Å². The van der Waals surface area contributed by atoms with E-state index in [1.807, 2.05) is 0 Å². The minimum Gasteiger partial charge on any atom is -0.479 e. The molecule has 12 heteroatoms. The lowest BCUT2D eigenvalue weighted by molar-refractivity contribution is -0.301. The number of hydrogen-bond acceptors (Lipinski definition) is 11. The third kappa shape index (κ3) is 43.0. The molecule has 6 atom stereocenters. The molecule has 0 saturated carbocycles. The average Bonchev–Trinajstić information content (AvgIpc) is 3.42. The standard InChI is InChI=1S/C65H112O12/c1-4-7-10-13-16-19-22-25-27-28-29-30-32-34-36-39-42-45-48-51-57(66)73-54-56(75-58(67)52-49-46-43-40-37-33-24-21-18-15-12-9-6-3)55-74-65-63(61(70)60(69)62(77-65)64(71)72)76-59(68)53-50-47-44-41-38-35-31-26-23-20-17-14-11-8-5-2/h16-17,19-20,25-27,29-31,56,60-63,65,69-70H,4-15,18,21-24,28,32-55H2,1-3H3,(H,71,72)/b19-16-,20-17-,27-25-,30-29-,31-26-. The molecule has 1 saturated heterocycles. The van der Waals surface area contributed by atoms with Crippen molar-refractivity contribution in [2.45, 2.75) is 314 Å². The molecule has 0 amide bonds. The number of carboxylic acid groups (broad SMARTS) is 1. The van der Waals surface area contributed by atoms with Gasteiger partial charge >= 0.3 is 23.9 Å². The van der Waals surface area contributed by atoms with Crippen LogP contribution < -0.4 is 0 Å². The van der Waals surface area contributed by atoms with E-state index in [9.17, 15) is 34.5 Å². The number of aliphatic carboxylic acids is 1. The molecular weight excluding hydrogens is 973 g/mol. The van der Waals surface area contributed by atoms with Crippen LogP contribution >= 0.6 is 0 Å². The number of esters is 3. The van der Waals surface area contributed by atoms with Crippen molar-refractivity contribution in [3.63, 3.8) is 0 Å². The highest BCUT2D eigenvalue weighted by atomic mass is 16.7. The minimum absolute atomic E-state index is 0.0438. The van der Waals surface area contributed by atoms with E-state index in [1.165, 1.54) is 103 Å². The fraction of sp³-hybridized carbons (Fsp3) is 0.785. The van der Waals surface area contributed by atoms with Gasteiger partial charge in [0, 0.05) is 19.3 Å². The molecule has 77 heavy (non-hydrogen) atoms. The minimum atomic E-state index is -1.91. The van der Waals surface area contributed by atoms with Gasteiger partial charge in [0.25, 0.3) is 0 Å². The molecule has 12 nitrogen and oxygen atoms in total. The van der Waals surface area contributed by atoms with Gasteiger partial charge in [-0.2, -0.15) is 0 Å². The van der Waals surface area contributed by atoms with Gasteiger partial charge in [-0.25, -0.2) is 4.79 Å². The van der Waals surface area contributed by atoms with Crippen molar-refractivity contribution >= 4 is 23.9 Å². The van der Waals surface area contributed by atoms with Crippen molar-refractivity contribution < 1.29 is 58.2 Å². The van der Waals surface area contributed by atoms with Crippen molar-refractivity contribution in [1.29, 1.82) is 0 Å². The molecule has 0 aromatic heterocycles. The van der Waals surface area contributed by atoms with E-state index in [2.05, 4.69) is 81.5 Å². The van der Waals surface area contributed by atoms with Crippen molar-refractivity contribution in [2.24, 2.45) is 0 Å². The van der Waals surface area contributed by atoms with Crippen LogP contribution in [0.3, 0.4) is 0 Å². The summed E-state index contributed by atoms with van der Waals surface area (Å²) in [5.74, 6) is -3.14. The zero-order valence-electron chi connectivity index (χ0n) is 49.0. The smallest absolute Gasteiger partial charge is 0.335 e. The first-order valence-corrected chi connectivity index (χ1v) is 31.3. The summed E-state index contributed by atoms with van der Waals surface area (Å²) >= 11 is 0. The fourth-order valence-corrected chi connectivity index (χ4v) is 9.23. The summed E-state index contributed by atoms with van der Waals surface area (Å²) in [5.41, 5.74) is 0. The van der Waals surface area contributed by atoms with Gasteiger partial charge in [-0.1, -0.05) is 229 Å². The quantitative estimate of drug-likeness (QED) is 0.0228. The molecule has 0 spiro atoms. The summed E-state index contributed by atoms with van der Waals surface area (Å²) < 4.78 is 28.5. The number of aliphatic hydroxyl groups excluding tert-OH is 2. The number of aliphatic hydroxyl groups is 2. The number of carboxylic acids is 1. The highest BCUT2D eigenvalue weighted by Gasteiger charge is 2.50. The zero-order chi connectivity index (χ0) is 56.1. The molecular formula is C65H112O12. The molecule has 1 aliphatic rings. The second-order valence-electron chi connectivity index (χ2n) is 21.3.